The highest BCUT2D eigenvalue weighted by atomic mass is 16.5. The van der Waals surface area contributed by atoms with Gasteiger partial charge in [-0.3, -0.25) is 15.0 Å². The standard InChI is InChI=1S/C21H24N4O3/c1-28-18-7-3-2-6-17(18)24-19(26)13-15-5-4-12-25(21(15)27)16-10-8-14(9-11-16)20(22)23/h2-3,6-11,15H,4-5,12-13H2,1H3,(H3,22,23)(H,24,26). The average molecular weight is 380 g/mol. The first-order valence-electron chi connectivity index (χ1n) is 9.18. The quantitative estimate of drug-likeness (QED) is 0.529. The van der Waals surface area contributed by atoms with E-state index in [0.29, 0.717) is 30.0 Å². The van der Waals surface area contributed by atoms with E-state index >= 15 is 0 Å². The zero-order chi connectivity index (χ0) is 20.1. The summed E-state index contributed by atoms with van der Waals surface area (Å²) in [5.41, 5.74) is 7.44. The fourth-order valence-electron chi connectivity index (χ4n) is 3.39. The van der Waals surface area contributed by atoms with E-state index in [-0.39, 0.29) is 30.0 Å². The number of nitrogen functional groups attached to an aromatic ring is 1. The summed E-state index contributed by atoms with van der Waals surface area (Å²) in [6.45, 7) is 0.614. The normalized spacial score (nSPS) is 16.5. The average Bonchev–Trinajstić information content (AvgIpc) is 2.70. The number of benzene rings is 2. The number of nitrogens with one attached hydrogen (secondary N) is 2. The van der Waals surface area contributed by atoms with Crippen molar-refractivity contribution in [2.75, 3.05) is 23.9 Å². The molecule has 2 amide bonds. The van der Waals surface area contributed by atoms with Gasteiger partial charge < -0.3 is 20.7 Å². The summed E-state index contributed by atoms with van der Waals surface area (Å²) in [7, 11) is 1.55. The number of para-hydroxylation sites is 2. The molecule has 0 saturated carbocycles. The molecular formula is C21H24N4O3. The van der Waals surface area contributed by atoms with Crippen molar-refractivity contribution in [1.29, 1.82) is 5.41 Å². The van der Waals surface area contributed by atoms with Crippen LogP contribution < -0.4 is 20.7 Å². The molecule has 0 radical (unpaired) electrons. The third-order valence-corrected chi connectivity index (χ3v) is 4.85. The van der Waals surface area contributed by atoms with Gasteiger partial charge in [-0.2, -0.15) is 0 Å². The number of methoxy groups -OCH3 is 1. The SMILES string of the molecule is COc1ccccc1NC(=O)CC1CCCN(c2ccc(C(=N)N)cc2)C1=O. The summed E-state index contributed by atoms with van der Waals surface area (Å²) >= 11 is 0. The van der Waals surface area contributed by atoms with Crippen molar-refractivity contribution in [1.82, 2.24) is 0 Å². The number of ether oxygens (including phenoxy) is 1. The molecule has 1 aliphatic rings. The lowest BCUT2D eigenvalue weighted by atomic mass is 9.93. The van der Waals surface area contributed by atoms with E-state index in [9.17, 15) is 9.59 Å². The summed E-state index contributed by atoms with van der Waals surface area (Å²) in [4.78, 5) is 27.1. The number of amidine groups is 1. The summed E-state index contributed by atoms with van der Waals surface area (Å²) in [5, 5.41) is 10.3. The van der Waals surface area contributed by atoms with Crippen LogP contribution in [0.2, 0.25) is 0 Å². The molecule has 4 N–H and O–H groups in total. The van der Waals surface area contributed by atoms with E-state index in [4.69, 9.17) is 15.9 Å². The summed E-state index contributed by atoms with van der Waals surface area (Å²) in [5.74, 6) is -0.0648. The van der Waals surface area contributed by atoms with E-state index < -0.39 is 0 Å². The van der Waals surface area contributed by atoms with Crippen molar-refractivity contribution < 1.29 is 14.3 Å². The van der Waals surface area contributed by atoms with Gasteiger partial charge in [0.25, 0.3) is 0 Å². The minimum absolute atomic E-state index is 0.0117. The van der Waals surface area contributed by atoms with Crippen LogP contribution >= 0.6 is 0 Å². The number of carbonyl (C=O) groups excluding carboxylic acids is 2. The van der Waals surface area contributed by atoms with E-state index in [1.165, 1.54) is 0 Å². The monoisotopic (exact) mass is 380 g/mol. The molecule has 1 heterocycles. The van der Waals surface area contributed by atoms with Crippen LogP contribution in [0.25, 0.3) is 0 Å². The second-order valence-corrected chi connectivity index (χ2v) is 6.74. The van der Waals surface area contributed by atoms with E-state index in [1.807, 2.05) is 12.1 Å². The maximum absolute atomic E-state index is 12.9. The molecule has 146 valence electrons. The second-order valence-electron chi connectivity index (χ2n) is 6.74. The van der Waals surface area contributed by atoms with Crippen LogP contribution in [0.5, 0.6) is 5.75 Å². The van der Waals surface area contributed by atoms with Crippen LogP contribution in [-0.4, -0.2) is 31.3 Å². The Kier molecular flexibility index (Phi) is 5.93. The lowest BCUT2D eigenvalue weighted by Crippen LogP contribution is -2.42. The van der Waals surface area contributed by atoms with Gasteiger partial charge in [0.1, 0.15) is 11.6 Å². The maximum atomic E-state index is 12.9. The minimum atomic E-state index is -0.365. The summed E-state index contributed by atoms with van der Waals surface area (Å²) < 4.78 is 5.24. The molecule has 3 rings (SSSR count). The highest BCUT2D eigenvalue weighted by molar-refractivity contribution is 6.01. The highest BCUT2D eigenvalue weighted by Gasteiger charge is 2.31. The topological polar surface area (TPSA) is 109 Å². The van der Waals surface area contributed by atoms with Gasteiger partial charge >= 0.3 is 0 Å². The van der Waals surface area contributed by atoms with Gasteiger partial charge in [-0.05, 0) is 49.2 Å². The number of piperidine rings is 1. The van der Waals surface area contributed by atoms with Crippen molar-refractivity contribution in [2.24, 2.45) is 11.7 Å². The number of hydrogen-bond acceptors (Lipinski definition) is 4. The van der Waals surface area contributed by atoms with Gasteiger partial charge in [-0.15, -0.1) is 0 Å². The molecule has 1 fully saturated rings. The smallest absolute Gasteiger partial charge is 0.230 e. The Morgan fingerprint density at radius 3 is 2.64 bits per heavy atom. The Hall–Kier alpha value is -3.35. The summed E-state index contributed by atoms with van der Waals surface area (Å²) in [6, 6.07) is 14.2. The number of anilines is 2. The molecule has 0 aromatic heterocycles. The van der Waals surface area contributed by atoms with Crippen LogP contribution in [-0.2, 0) is 9.59 Å². The first kappa shape index (κ1) is 19.4. The molecule has 1 aliphatic heterocycles. The van der Waals surface area contributed by atoms with Gasteiger partial charge in [0, 0.05) is 30.1 Å². The van der Waals surface area contributed by atoms with Crippen LogP contribution in [0, 0.1) is 11.3 Å². The molecule has 0 spiro atoms. The van der Waals surface area contributed by atoms with Gasteiger partial charge in [0.2, 0.25) is 11.8 Å². The maximum Gasteiger partial charge on any atom is 0.230 e. The van der Waals surface area contributed by atoms with Crippen molar-refractivity contribution >= 4 is 29.0 Å². The number of nitrogens with two attached hydrogens (primary N) is 1. The van der Waals surface area contributed by atoms with E-state index in [0.717, 1.165) is 12.1 Å². The molecule has 1 atom stereocenters. The fraction of sp³-hybridized carbons (Fsp3) is 0.286. The molecule has 2 aromatic rings. The molecular weight excluding hydrogens is 356 g/mol. The molecule has 7 nitrogen and oxygen atoms in total. The zero-order valence-corrected chi connectivity index (χ0v) is 15.8. The molecule has 0 aliphatic carbocycles. The van der Waals surface area contributed by atoms with Gasteiger partial charge in [-0.1, -0.05) is 12.1 Å². The second kappa shape index (κ2) is 8.56. The van der Waals surface area contributed by atoms with Gasteiger partial charge in [0.05, 0.1) is 12.8 Å². The predicted octanol–water partition coefficient (Wildman–Crippen LogP) is 2.75. The molecule has 0 bridgehead atoms. The predicted molar refractivity (Wildman–Crippen MR) is 109 cm³/mol. The molecule has 2 aromatic carbocycles. The minimum Gasteiger partial charge on any atom is -0.495 e. The van der Waals surface area contributed by atoms with Crippen molar-refractivity contribution in [3.63, 3.8) is 0 Å². The number of hydrogen-bond donors (Lipinski definition) is 3. The Morgan fingerprint density at radius 1 is 1.25 bits per heavy atom. The van der Waals surface area contributed by atoms with Crippen molar-refractivity contribution in [3.8, 4) is 5.75 Å². The number of amides is 2. The van der Waals surface area contributed by atoms with E-state index in [1.54, 1.807) is 48.4 Å². The first-order chi connectivity index (χ1) is 13.5. The highest BCUT2D eigenvalue weighted by Crippen LogP contribution is 2.28. The zero-order valence-electron chi connectivity index (χ0n) is 15.8. The molecule has 7 heteroatoms. The van der Waals surface area contributed by atoms with Crippen LogP contribution in [0.4, 0.5) is 11.4 Å². The van der Waals surface area contributed by atoms with Crippen LogP contribution in [0.1, 0.15) is 24.8 Å². The van der Waals surface area contributed by atoms with Crippen molar-refractivity contribution in [3.05, 3.63) is 54.1 Å². The molecule has 1 unspecified atom stereocenters. The van der Waals surface area contributed by atoms with Crippen LogP contribution in [0.3, 0.4) is 0 Å². The van der Waals surface area contributed by atoms with Crippen LogP contribution in [0.15, 0.2) is 48.5 Å². The largest absolute Gasteiger partial charge is 0.495 e. The first-order valence-corrected chi connectivity index (χ1v) is 9.18. The van der Waals surface area contributed by atoms with E-state index in [2.05, 4.69) is 5.32 Å². The Labute approximate surface area is 164 Å². The summed E-state index contributed by atoms with van der Waals surface area (Å²) in [6.07, 6.45) is 1.63. The number of nitrogens with zero attached hydrogens (tertiary/aromatic N) is 1. The lowest BCUT2D eigenvalue weighted by Gasteiger charge is -2.32. The van der Waals surface area contributed by atoms with Crippen molar-refractivity contribution in [2.45, 2.75) is 19.3 Å². The lowest BCUT2D eigenvalue weighted by molar-refractivity contribution is -0.127. The third-order valence-electron chi connectivity index (χ3n) is 4.85. The Bertz CT molecular complexity index is 879. The Morgan fingerprint density at radius 2 is 1.96 bits per heavy atom. The number of rotatable bonds is 6. The fourth-order valence-corrected chi connectivity index (χ4v) is 3.39. The van der Waals surface area contributed by atoms with Gasteiger partial charge in [0.15, 0.2) is 0 Å². The Balaban J connectivity index is 1.66. The van der Waals surface area contributed by atoms with Gasteiger partial charge in [-0.25, -0.2) is 0 Å². The molecule has 28 heavy (non-hydrogen) atoms. The number of carbonyl (C=O) groups is 2. The third kappa shape index (κ3) is 4.31. The molecule has 1 saturated heterocycles.